The number of carbonyl (C=O) groups is 1. The van der Waals surface area contributed by atoms with Gasteiger partial charge in [0, 0.05) is 42.4 Å². The van der Waals surface area contributed by atoms with E-state index >= 15 is 0 Å². The first-order valence-corrected chi connectivity index (χ1v) is 10.4. The van der Waals surface area contributed by atoms with E-state index < -0.39 is 5.82 Å². The van der Waals surface area contributed by atoms with Gasteiger partial charge in [-0.05, 0) is 55.9 Å². The van der Waals surface area contributed by atoms with Gasteiger partial charge in [-0.2, -0.15) is 0 Å². The number of nitrogens with zero attached hydrogens (tertiary/aromatic N) is 5. The molecule has 5 rings (SSSR count). The van der Waals surface area contributed by atoms with Gasteiger partial charge in [0.15, 0.2) is 11.6 Å². The molecule has 0 saturated carbocycles. The molecular weight excluding hydrogens is 393 g/mol. The highest BCUT2D eigenvalue weighted by molar-refractivity contribution is 6.00. The van der Waals surface area contributed by atoms with Crippen LogP contribution < -0.4 is 0 Å². The van der Waals surface area contributed by atoms with Gasteiger partial charge in [-0.15, -0.1) is 0 Å². The molecule has 1 aromatic carbocycles. The highest BCUT2D eigenvalue weighted by Gasteiger charge is 2.40. The number of hydrogen-bond acceptors (Lipinski definition) is 5. The van der Waals surface area contributed by atoms with E-state index in [9.17, 15) is 9.18 Å². The van der Waals surface area contributed by atoms with E-state index in [1.807, 2.05) is 19.9 Å². The van der Waals surface area contributed by atoms with E-state index in [-0.39, 0.29) is 17.4 Å². The smallest absolute Gasteiger partial charge is 0.257 e. The zero-order valence-corrected chi connectivity index (χ0v) is 17.4. The molecule has 1 aliphatic heterocycles. The molecule has 31 heavy (non-hydrogen) atoms. The molecule has 0 spiro atoms. The summed E-state index contributed by atoms with van der Waals surface area (Å²) in [6.07, 6.45) is 6.18. The third kappa shape index (κ3) is 3.60. The first-order valence-electron chi connectivity index (χ1n) is 10.4. The van der Waals surface area contributed by atoms with Gasteiger partial charge in [0.25, 0.3) is 5.91 Å². The molecule has 0 unspecified atom stereocenters. The number of allylic oxidation sites excluding steroid dienone is 1. The monoisotopic (exact) mass is 415 g/mol. The fourth-order valence-electron chi connectivity index (χ4n) is 4.64. The third-order valence-corrected chi connectivity index (χ3v) is 5.98. The maximum atomic E-state index is 14.8. The van der Waals surface area contributed by atoms with E-state index in [4.69, 9.17) is 0 Å². The summed E-state index contributed by atoms with van der Waals surface area (Å²) < 4.78 is 14.8. The van der Waals surface area contributed by atoms with Crippen LogP contribution in [0.15, 0.2) is 48.8 Å². The summed E-state index contributed by atoms with van der Waals surface area (Å²) in [6.45, 7) is 5.08. The zero-order chi connectivity index (χ0) is 21.5. The van der Waals surface area contributed by atoms with Crippen LogP contribution in [0.5, 0.6) is 0 Å². The SMILES string of the molecule is Cc1cc(C)nc(C2=C[C@@H]3CN(C(=O)c4c(F)cccc4-c4ncccn4)C[C@@H]3C2)n1. The molecule has 3 heterocycles. The average molecular weight is 415 g/mol. The molecule has 6 nitrogen and oxygen atoms in total. The molecule has 2 aromatic heterocycles. The lowest BCUT2D eigenvalue weighted by atomic mass is 10.00. The molecule has 1 saturated heterocycles. The minimum Gasteiger partial charge on any atom is -0.338 e. The third-order valence-electron chi connectivity index (χ3n) is 5.98. The quantitative estimate of drug-likeness (QED) is 0.650. The number of benzene rings is 1. The van der Waals surface area contributed by atoms with Gasteiger partial charge in [-0.1, -0.05) is 18.2 Å². The van der Waals surface area contributed by atoms with Crippen molar-refractivity contribution in [1.29, 1.82) is 0 Å². The molecule has 156 valence electrons. The Balaban J connectivity index is 1.40. The van der Waals surface area contributed by atoms with Gasteiger partial charge in [-0.3, -0.25) is 4.79 Å². The lowest BCUT2D eigenvalue weighted by Gasteiger charge is -2.19. The lowest BCUT2D eigenvalue weighted by Crippen LogP contribution is -2.30. The van der Waals surface area contributed by atoms with Crippen LogP contribution in [-0.2, 0) is 0 Å². The first kappa shape index (κ1) is 19.5. The number of aryl methyl sites for hydroxylation is 2. The van der Waals surface area contributed by atoms with E-state index in [2.05, 4.69) is 26.0 Å². The molecule has 1 amide bonds. The summed E-state index contributed by atoms with van der Waals surface area (Å²) in [6, 6.07) is 8.23. The predicted octanol–water partition coefficient (Wildman–Crippen LogP) is 3.87. The van der Waals surface area contributed by atoms with Crippen molar-refractivity contribution in [1.82, 2.24) is 24.8 Å². The van der Waals surface area contributed by atoms with Crippen LogP contribution in [0.25, 0.3) is 17.0 Å². The Morgan fingerprint density at radius 3 is 2.48 bits per heavy atom. The molecule has 7 heteroatoms. The number of carbonyl (C=O) groups excluding carboxylic acids is 1. The number of hydrogen-bond donors (Lipinski definition) is 0. The van der Waals surface area contributed by atoms with Crippen molar-refractivity contribution in [2.24, 2.45) is 11.8 Å². The fourth-order valence-corrected chi connectivity index (χ4v) is 4.64. The van der Waals surface area contributed by atoms with Gasteiger partial charge >= 0.3 is 0 Å². The van der Waals surface area contributed by atoms with E-state index in [1.165, 1.54) is 6.07 Å². The van der Waals surface area contributed by atoms with Gasteiger partial charge in [0.2, 0.25) is 0 Å². The fraction of sp³-hybridized carbons (Fsp3) is 0.292. The standard InChI is InChI=1S/C24H22FN5O/c1-14-9-15(2)29-22(28-14)16-10-17-12-30(13-18(17)11-16)24(31)21-19(5-3-6-20(21)25)23-26-7-4-8-27-23/h3-10,17-18H,11-13H2,1-2H3/t17-,18+/m1/s1. The zero-order valence-electron chi connectivity index (χ0n) is 17.4. The maximum Gasteiger partial charge on any atom is 0.257 e. The highest BCUT2D eigenvalue weighted by Crippen LogP contribution is 2.41. The Morgan fingerprint density at radius 2 is 1.77 bits per heavy atom. The molecule has 1 fully saturated rings. The molecule has 0 N–H and O–H groups in total. The summed E-state index contributed by atoms with van der Waals surface area (Å²) in [4.78, 5) is 32.6. The van der Waals surface area contributed by atoms with Crippen LogP contribution in [0.3, 0.4) is 0 Å². The number of rotatable bonds is 3. The first-order chi connectivity index (χ1) is 15.0. The van der Waals surface area contributed by atoms with Crippen molar-refractivity contribution in [2.45, 2.75) is 20.3 Å². The Morgan fingerprint density at radius 1 is 1.03 bits per heavy atom. The van der Waals surface area contributed by atoms with E-state index in [0.29, 0.717) is 30.4 Å². The van der Waals surface area contributed by atoms with Crippen LogP contribution in [-0.4, -0.2) is 43.8 Å². The van der Waals surface area contributed by atoms with Gasteiger partial charge in [-0.25, -0.2) is 24.3 Å². The van der Waals surface area contributed by atoms with Crippen molar-refractivity contribution in [3.8, 4) is 11.4 Å². The average Bonchev–Trinajstić information content (AvgIpc) is 3.32. The van der Waals surface area contributed by atoms with Gasteiger partial charge in [0.05, 0.1) is 5.56 Å². The molecule has 0 radical (unpaired) electrons. The second-order valence-corrected chi connectivity index (χ2v) is 8.24. The Bertz CT molecular complexity index is 1170. The molecule has 3 aromatic rings. The van der Waals surface area contributed by atoms with Crippen molar-refractivity contribution in [3.05, 3.63) is 77.4 Å². The minimum absolute atomic E-state index is 0.0375. The van der Waals surface area contributed by atoms with Crippen LogP contribution >= 0.6 is 0 Å². The van der Waals surface area contributed by atoms with E-state index in [0.717, 1.165) is 29.2 Å². The summed E-state index contributed by atoms with van der Waals surface area (Å²) in [5.74, 6) is 0.791. The number of likely N-dealkylation sites (tertiary alicyclic amines) is 1. The molecular formula is C24H22FN5O. The maximum absolute atomic E-state index is 14.8. The van der Waals surface area contributed by atoms with E-state index in [1.54, 1.807) is 35.5 Å². The molecule has 2 atom stereocenters. The molecule has 2 aliphatic rings. The highest BCUT2D eigenvalue weighted by atomic mass is 19.1. The summed E-state index contributed by atoms with van der Waals surface area (Å²) in [7, 11) is 0. The van der Waals surface area contributed by atoms with Crippen LogP contribution in [0.2, 0.25) is 0 Å². The van der Waals surface area contributed by atoms with Gasteiger partial charge < -0.3 is 4.90 Å². The number of amides is 1. The van der Waals surface area contributed by atoms with Gasteiger partial charge in [0.1, 0.15) is 5.82 Å². The van der Waals surface area contributed by atoms with Crippen molar-refractivity contribution < 1.29 is 9.18 Å². The Labute approximate surface area is 179 Å². The largest absolute Gasteiger partial charge is 0.338 e. The number of fused-ring (bicyclic) bond motifs is 1. The lowest BCUT2D eigenvalue weighted by molar-refractivity contribution is 0.0781. The number of aromatic nitrogens is 4. The number of halogens is 1. The second-order valence-electron chi connectivity index (χ2n) is 8.24. The Kier molecular flexibility index (Phi) is 4.81. The topological polar surface area (TPSA) is 71.9 Å². The van der Waals surface area contributed by atoms with Crippen molar-refractivity contribution in [2.75, 3.05) is 13.1 Å². The summed E-state index contributed by atoms with van der Waals surface area (Å²) in [5, 5.41) is 0. The van der Waals surface area contributed by atoms with Crippen LogP contribution in [0.4, 0.5) is 4.39 Å². The normalized spacial score (nSPS) is 20.0. The predicted molar refractivity (Wildman–Crippen MR) is 114 cm³/mol. The van der Waals surface area contributed by atoms with Crippen LogP contribution in [0, 0.1) is 31.5 Å². The van der Waals surface area contributed by atoms with Crippen LogP contribution in [0.1, 0.15) is 34.0 Å². The Hall–Kier alpha value is -3.48. The summed E-state index contributed by atoms with van der Waals surface area (Å²) >= 11 is 0. The minimum atomic E-state index is -0.549. The molecule has 0 bridgehead atoms. The van der Waals surface area contributed by atoms with Crippen molar-refractivity contribution in [3.63, 3.8) is 0 Å². The molecule has 1 aliphatic carbocycles. The van der Waals surface area contributed by atoms with Crippen molar-refractivity contribution >= 4 is 11.5 Å². The summed E-state index contributed by atoms with van der Waals surface area (Å²) in [5.41, 5.74) is 3.50. The second kappa shape index (κ2) is 7.65.